The molecule has 0 aliphatic heterocycles. The van der Waals surface area contributed by atoms with E-state index < -0.39 is 12.0 Å². The summed E-state index contributed by atoms with van der Waals surface area (Å²) >= 11 is 4.07. The molecule has 1 N–H and O–H groups in total. The van der Waals surface area contributed by atoms with Crippen molar-refractivity contribution in [2.24, 2.45) is 0 Å². The van der Waals surface area contributed by atoms with Crippen molar-refractivity contribution < 1.29 is 14.3 Å². The highest BCUT2D eigenvalue weighted by molar-refractivity contribution is 7.80. The molecule has 0 spiro atoms. The molecule has 29 heavy (non-hydrogen) atoms. The largest absolute Gasteiger partial charge is 0.467 e. The van der Waals surface area contributed by atoms with Crippen LogP contribution in [0.4, 0.5) is 0 Å². The summed E-state index contributed by atoms with van der Waals surface area (Å²) in [5.74, 6) is -0.573. The Balaban J connectivity index is 4.31. The zero-order valence-electron chi connectivity index (χ0n) is 19.0. The van der Waals surface area contributed by atoms with Crippen molar-refractivity contribution in [1.29, 1.82) is 0 Å². The lowest BCUT2D eigenvalue weighted by molar-refractivity contribution is -0.143. The Morgan fingerprint density at radius 3 is 1.79 bits per heavy atom. The average Bonchev–Trinajstić information content (AvgIpc) is 2.65. The van der Waals surface area contributed by atoms with Crippen LogP contribution in [0.5, 0.6) is 0 Å². The molecule has 0 saturated heterocycles. The normalized spacial score (nSPS) is 13.7. The number of amides is 1. The Morgan fingerprint density at radius 2 is 1.34 bits per heavy atom. The molecule has 0 aromatic carbocycles. The maximum atomic E-state index is 12.0. The summed E-state index contributed by atoms with van der Waals surface area (Å²) in [5, 5.41) is 2.61. The summed E-state index contributed by atoms with van der Waals surface area (Å²) < 4.78 is 4.64. The molecular formula is C24H39NO3S. The molecule has 0 aromatic rings. The van der Waals surface area contributed by atoms with Crippen LogP contribution in [0.25, 0.3) is 0 Å². The van der Waals surface area contributed by atoms with Gasteiger partial charge in [0.05, 0.1) is 7.11 Å². The van der Waals surface area contributed by atoms with Crippen LogP contribution >= 0.6 is 12.6 Å². The van der Waals surface area contributed by atoms with Gasteiger partial charge in [-0.05, 0) is 73.1 Å². The number of carbonyl (C=O) groups is 2. The number of hydrogen-bond donors (Lipinski definition) is 2. The summed E-state index contributed by atoms with van der Waals surface area (Å²) in [6.07, 6.45) is 14.5. The molecule has 0 rings (SSSR count). The molecule has 0 unspecified atom stereocenters. The first kappa shape index (κ1) is 27.2. The maximum absolute atomic E-state index is 12.0. The molecule has 0 bridgehead atoms. The number of carbonyl (C=O) groups excluding carboxylic acids is 2. The zero-order valence-corrected chi connectivity index (χ0v) is 19.9. The molecule has 4 nitrogen and oxygen atoms in total. The van der Waals surface area contributed by atoms with Crippen LogP contribution in [0, 0.1) is 0 Å². The molecule has 0 heterocycles. The number of esters is 1. The lowest BCUT2D eigenvalue weighted by Gasteiger charge is -2.12. The number of rotatable bonds is 13. The Labute approximate surface area is 183 Å². The van der Waals surface area contributed by atoms with Gasteiger partial charge in [-0.15, -0.1) is 0 Å². The Kier molecular flexibility index (Phi) is 15.1. The minimum absolute atomic E-state index is 0.204. The van der Waals surface area contributed by atoms with Gasteiger partial charge in [0.2, 0.25) is 5.91 Å². The van der Waals surface area contributed by atoms with Gasteiger partial charge in [-0.2, -0.15) is 12.6 Å². The molecule has 5 heteroatoms. The van der Waals surface area contributed by atoms with E-state index in [4.69, 9.17) is 0 Å². The highest BCUT2D eigenvalue weighted by atomic mass is 32.1. The van der Waals surface area contributed by atoms with Gasteiger partial charge in [-0.25, -0.2) is 4.79 Å². The second-order valence-corrected chi connectivity index (χ2v) is 8.12. The van der Waals surface area contributed by atoms with E-state index in [1.54, 1.807) is 6.08 Å². The summed E-state index contributed by atoms with van der Waals surface area (Å²) in [6.45, 7) is 10.6. The van der Waals surface area contributed by atoms with Crippen LogP contribution in [-0.2, 0) is 14.3 Å². The molecular weight excluding hydrogens is 382 g/mol. The van der Waals surface area contributed by atoms with Crippen molar-refractivity contribution in [3.63, 3.8) is 0 Å². The number of hydrogen-bond acceptors (Lipinski definition) is 4. The number of allylic oxidation sites excluding steroid dienone is 7. The standard InChI is InChI=1S/C24H39NO3S/c1-18(2)10-7-11-19(3)12-8-13-20(4)14-9-15-21(5)16-23(26)25-22(17-29)24(27)28-6/h10,12,14,16,22,29H,7-9,11,13,15,17H2,1-6H3,(H,25,26)/b19-12+,20-14+,21-16+/t22-/m0/s1. The second-order valence-electron chi connectivity index (χ2n) is 7.76. The van der Waals surface area contributed by atoms with Gasteiger partial charge in [0, 0.05) is 11.8 Å². The highest BCUT2D eigenvalue weighted by Gasteiger charge is 2.18. The van der Waals surface area contributed by atoms with Gasteiger partial charge < -0.3 is 10.1 Å². The minimum atomic E-state index is -0.722. The molecule has 0 aliphatic carbocycles. The topological polar surface area (TPSA) is 55.4 Å². The predicted octanol–water partition coefficient (Wildman–Crippen LogP) is 5.72. The molecule has 0 saturated carbocycles. The third-order valence-electron chi connectivity index (χ3n) is 4.52. The molecule has 1 atom stereocenters. The average molecular weight is 422 g/mol. The van der Waals surface area contributed by atoms with Gasteiger partial charge in [0.1, 0.15) is 6.04 Å². The molecule has 0 aromatic heterocycles. The fourth-order valence-electron chi connectivity index (χ4n) is 2.72. The fraction of sp³-hybridized carbons (Fsp3) is 0.583. The summed E-state index contributed by atoms with van der Waals surface area (Å²) in [6, 6.07) is -0.722. The van der Waals surface area contributed by atoms with Crippen LogP contribution < -0.4 is 5.32 Å². The van der Waals surface area contributed by atoms with Gasteiger partial charge in [0.15, 0.2) is 0 Å². The second kappa shape index (κ2) is 16.1. The first-order valence-electron chi connectivity index (χ1n) is 10.3. The van der Waals surface area contributed by atoms with E-state index in [0.717, 1.165) is 44.1 Å². The molecule has 164 valence electrons. The minimum Gasteiger partial charge on any atom is -0.467 e. The van der Waals surface area contributed by atoms with Gasteiger partial charge in [-0.3, -0.25) is 4.79 Å². The van der Waals surface area contributed by atoms with Crippen LogP contribution in [0.2, 0.25) is 0 Å². The molecule has 0 radical (unpaired) electrons. The van der Waals surface area contributed by atoms with E-state index in [2.05, 4.69) is 68.6 Å². The van der Waals surface area contributed by atoms with Crippen molar-refractivity contribution >= 4 is 24.5 Å². The maximum Gasteiger partial charge on any atom is 0.329 e. The summed E-state index contributed by atoms with van der Waals surface area (Å²) in [4.78, 5) is 23.5. The first-order chi connectivity index (χ1) is 13.7. The quantitative estimate of drug-likeness (QED) is 0.173. The molecule has 0 aliphatic rings. The lowest BCUT2D eigenvalue weighted by Crippen LogP contribution is -2.42. The SMILES string of the molecule is COC(=O)[C@H](CS)NC(=O)/C=C(\C)CC/C=C(\C)CC/C=C(\C)CCC=C(C)C. The van der Waals surface area contributed by atoms with Gasteiger partial charge in [0.25, 0.3) is 0 Å². The van der Waals surface area contributed by atoms with Crippen molar-refractivity contribution in [1.82, 2.24) is 5.32 Å². The van der Waals surface area contributed by atoms with E-state index in [9.17, 15) is 9.59 Å². The lowest BCUT2D eigenvalue weighted by atomic mass is 10.0. The number of methoxy groups -OCH3 is 1. The Bertz CT molecular complexity index is 641. The smallest absolute Gasteiger partial charge is 0.329 e. The fourth-order valence-corrected chi connectivity index (χ4v) is 2.96. The first-order valence-corrected chi connectivity index (χ1v) is 10.9. The van der Waals surface area contributed by atoms with E-state index in [1.165, 1.54) is 23.8 Å². The van der Waals surface area contributed by atoms with Crippen molar-refractivity contribution in [2.75, 3.05) is 12.9 Å². The number of ether oxygens (including phenoxy) is 1. The summed E-state index contributed by atoms with van der Waals surface area (Å²) in [5.41, 5.74) is 5.18. The molecule has 0 fully saturated rings. The monoisotopic (exact) mass is 421 g/mol. The van der Waals surface area contributed by atoms with Crippen molar-refractivity contribution in [2.45, 2.75) is 79.2 Å². The third-order valence-corrected chi connectivity index (χ3v) is 4.88. The highest BCUT2D eigenvalue weighted by Crippen LogP contribution is 2.13. The van der Waals surface area contributed by atoms with Crippen LogP contribution in [0.3, 0.4) is 0 Å². The Morgan fingerprint density at radius 1 is 0.862 bits per heavy atom. The van der Waals surface area contributed by atoms with Crippen LogP contribution in [0.1, 0.15) is 73.1 Å². The van der Waals surface area contributed by atoms with Crippen molar-refractivity contribution in [3.8, 4) is 0 Å². The summed E-state index contributed by atoms with van der Waals surface area (Å²) in [7, 11) is 1.29. The predicted molar refractivity (Wildman–Crippen MR) is 126 cm³/mol. The van der Waals surface area contributed by atoms with Gasteiger partial charge >= 0.3 is 5.97 Å². The van der Waals surface area contributed by atoms with E-state index in [-0.39, 0.29) is 11.7 Å². The van der Waals surface area contributed by atoms with Gasteiger partial charge in [-0.1, -0.05) is 40.5 Å². The van der Waals surface area contributed by atoms with Crippen LogP contribution in [-0.4, -0.2) is 30.8 Å². The Hall–Kier alpha value is -1.75. The third kappa shape index (κ3) is 14.8. The molecule has 1 amide bonds. The van der Waals surface area contributed by atoms with E-state index in [1.807, 2.05) is 6.92 Å². The van der Waals surface area contributed by atoms with E-state index in [0.29, 0.717) is 0 Å². The van der Waals surface area contributed by atoms with Crippen molar-refractivity contribution in [3.05, 3.63) is 46.6 Å². The number of nitrogens with one attached hydrogen (secondary N) is 1. The number of thiol groups is 1. The van der Waals surface area contributed by atoms with E-state index >= 15 is 0 Å². The zero-order chi connectivity index (χ0) is 22.2. The van der Waals surface area contributed by atoms with Crippen LogP contribution in [0.15, 0.2) is 46.6 Å².